The molecule has 2 fully saturated rings. The molecule has 0 unspecified atom stereocenters. The standard InChI is InChI=1S/C42H51F6N2O/c1-27(21-37-39(2,3)33-24-30(41(43,44)45)16-18-35(33)49(37)20-10-15-28-11-6-7-12-28)22-38-40(4,5)34-25-31(42(46,47)48)17-19-36(34)50(38)26-32(51)23-29-13-8-9-14-29/h16-19,21-22,24-25,28-29H,6-15,20,23,26H2,1-5H3/q+1. The zero-order valence-electron chi connectivity index (χ0n) is 30.5. The van der Waals surface area contributed by atoms with Crippen molar-refractivity contribution in [2.75, 3.05) is 18.0 Å². The summed E-state index contributed by atoms with van der Waals surface area (Å²) in [5, 5.41) is 0. The van der Waals surface area contributed by atoms with Gasteiger partial charge in [0.25, 0.3) is 0 Å². The number of anilines is 1. The van der Waals surface area contributed by atoms with Gasteiger partial charge >= 0.3 is 12.4 Å². The first-order chi connectivity index (χ1) is 23.9. The Bertz CT molecular complexity index is 1750. The maximum atomic E-state index is 13.9. The minimum Gasteiger partial charge on any atom is -0.344 e. The second-order valence-corrected chi connectivity index (χ2v) is 16.4. The van der Waals surface area contributed by atoms with Crippen molar-refractivity contribution in [2.45, 2.75) is 128 Å². The van der Waals surface area contributed by atoms with Crippen LogP contribution in [-0.2, 0) is 28.0 Å². The first-order valence-electron chi connectivity index (χ1n) is 18.7. The van der Waals surface area contributed by atoms with Crippen LogP contribution in [0.2, 0.25) is 0 Å². The van der Waals surface area contributed by atoms with Gasteiger partial charge in [0.05, 0.1) is 16.5 Å². The molecule has 0 N–H and O–H groups in total. The van der Waals surface area contributed by atoms with E-state index in [0.29, 0.717) is 41.6 Å². The van der Waals surface area contributed by atoms with Crippen molar-refractivity contribution in [1.82, 2.24) is 0 Å². The molecule has 6 rings (SSSR count). The summed E-state index contributed by atoms with van der Waals surface area (Å²) in [4.78, 5) is 15.7. The summed E-state index contributed by atoms with van der Waals surface area (Å²) in [6, 6.07) is 7.81. The van der Waals surface area contributed by atoms with Crippen molar-refractivity contribution in [2.24, 2.45) is 11.8 Å². The lowest BCUT2D eigenvalue weighted by Gasteiger charge is -2.28. The Labute approximate surface area is 298 Å². The van der Waals surface area contributed by atoms with E-state index in [1.54, 1.807) is 6.07 Å². The van der Waals surface area contributed by atoms with E-state index in [1.165, 1.54) is 43.9 Å². The van der Waals surface area contributed by atoms with Gasteiger partial charge in [-0.25, -0.2) is 0 Å². The Morgan fingerprint density at radius 3 is 2.00 bits per heavy atom. The number of allylic oxidation sites excluding steroid dienone is 4. The maximum Gasteiger partial charge on any atom is 0.416 e. The highest BCUT2D eigenvalue weighted by Crippen LogP contribution is 2.50. The van der Waals surface area contributed by atoms with E-state index in [-0.39, 0.29) is 12.3 Å². The average molecular weight is 714 g/mol. The van der Waals surface area contributed by atoms with Crippen molar-refractivity contribution >= 4 is 22.9 Å². The highest BCUT2D eigenvalue weighted by atomic mass is 19.4. The number of benzene rings is 2. The van der Waals surface area contributed by atoms with Crippen LogP contribution >= 0.6 is 0 Å². The summed E-state index contributed by atoms with van der Waals surface area (Å²) in [6.45, 7) is 10.4. The van der Waals surface area contributed by atoms with E-state index in [4.69, 9.17) is 0 Å². The molecule has 0 atom stereocenters. The van der Waals surface area contributed by atoms with Gasteiger partial charge in [-0.3, -0.25) is 4.79 Å². The molecule has 0 saturated heterocycles. The van der Waals surface area contributed by atoms with Crippen molar-refractivity contribution in [1.29, 1.82) is 0 Å². The minimum atomic E-state index is -4.51. The van der Waals surface area contributed by atoms with E-state index in [9.17, 15) is 31.1 Å². The van der Waals surface area contributed by atoms with Crippen LogP contribution in [0, 0.1) is 11.8 Å². The van der Waals surface area contributed by atoms with Gasteiger partial charge in [-0.2, -0.15) is 30.9 Å². The van der Waals surface area contributed by atoms with E-state index in [2.05, 4.69) is 4.90 Å². The van der Waals surface area contributed by atoms with Crippen LogP contribution in [0.3, 0.4) is 0 Å². The smallest absolute Gasteiger partial charge is 0.344 e. The van der Waals surface area contributed by atoms with Crippen LogP contribution in [0.4, 0.5) is 37.7 Å². The Balaban J connectivity index is 1.40. The minimum absolute atomic E-state index is 0.0636. The molecule has 0 amide bonds. The van der Waals surface area contributed by atoms with E-state index < -0.39 is 34.3 Å². The largest absolute Gasteiger partial charge is 0.416 e. The monoisotopic (exact) mass is 713 g/mol. The number of halogens is 6. The molecule has 2 heterocycles. The third kappa shape index (κ3) is 7.59. The van der Waals surface area contributed by atoms with Gasteiger partial charge in [-0.1, -0.05) is 65.2 Å². The summed E-state index contributed by atoms with van der Waals surface area (Å²) < 4.78 is 85.3. The number of carbonyl (C=O) groups excluding carboxylic acids is 1. The normalized spacial score (nSPS) is 21.7. The molecular weight excluding hydrogens is 662 g/mol. The number of Topliss-reactive ketones (excluding diaryl/α,β-unsaturated/α-hetero) is 1. The molecule has 3 nitrogen and oxygen atoms in total. The molecule has 276 valence electrons. The Morgan fingerprint density at radius 2 is 1.39 bits per heavy atom. The van der Waals surface area contributed by atoms with Gasteiger partial charge in [0, 0.05) is 47.5 Å². The first-order valence-corrected chi connectivity index (χ1v) is 18.7. The predicted octanol–water partition coefficient (Wildman–Crippen LogP) is 11.8. The predicted molar refractivity (Wildman–Crippen MR) is 191 cm³/mol. The molecule has 0 spiro atoms. The maximum absolute atomic E-state index is 13.9. The SMILES string of the molecule is CC(=CC1=[N+](CC(=O)CC2CCCC2)c2ccc(C(F)(F)F)cc2C1(C)C)C=C1N(CCCC2CCCC2)c2ccc(C(F)(F)F)cc2C1(C)C. The van der Waals surface area contributed by atoms with Gasteiger partial charge in [-0.05, 0) is 93.0 Å². The third-order valence-electron chi connectivity index (χ3n) is 12.0. The fraction of sp³-hybridized carbons (Fsp3) is 0.571. The number of fused-ring (bicyclic) bond motifs is 2. The zero-order valence-corrected chi connectivity index (χ0v) is 30.5. The number of ketones is 1. The van der Waals surface area contributed by atoms with Gasteiger partial charge in [-0.15, -0.1) is 0 Å². The summed E-state index contributed by atoms with van der Waals surface area (Å²) in [6.07, 6.45) is 6.66. The molecule has 2 aliphatic heterocycles. The highest BCUT2D eigenvalue weighted by molar-refractivity contribution is 6.04. The van der Waals surface area contributed by atoms with Crippen LogP contribution < -0.4 is 4.90 Å². The number of nitrogens with zero attached hydrogens (tertiary/aromatic N) is 2. The van der Waals surface area contributed by atoms with Crippen molar-refractivity contribution in [3.63, 3.8) is 0 Å². The van der Waals surface area contributed by atoms with Crippen LogP contribution in [0.1, 0.15) is 128 Å². The van der Waals surface area contributed by atoms with Crippen LogP contribution in [0.25, 0.3) is 0 Å². The average Bonchev–Trinajstić information content (AvgIpc) is 3.83. The summed E-state index contributed by atoms with van der Waals surface area (Å²) in [7, 11) is 0. The summed E-state index contributed by atoms with van der Waals surface area (Å²) >= 11 is 0. The molecule has 2 saturated carbocycles. The molecule has 2 aromatic carbocycles. The zero-order chi connectivity index (χ0) is 36.9. The number of hydrogen-bond donors (Lipinski definition) is 0. The topological polar surface area (TPSA) is 23.3 Å². The molecule has 0 aromatic heterocycles. The quantitative estimate of drug-likeness (QED) is 0.181. The van der Waals surface area contributed by atoms with Crippen LogP contribution in [0.15, 0.2) is 59.8 Å². The molecular formula is C42H51F6N2O+. The summed E-state index contributed by atoms with van der Waals surface area (Å²) in [5.74, 6) is 1.09. The second-order valence-electron chi connectivity index (χ2n) is 16.4. The first kappa shape index (κ1) is 37.4. The lowest BCUT2D eigenvalue weighted by molar-refractivity contribution is -0.425. The molecule has 0 radical (unpaired) electrons. The Morgan fingerprint density at radius 1 is 0.824 bits per heavy atom. The number of carbonyl (C=O) groups is 1. The molecule has 9 heteroatoms. The molecule has 4 aliphatic rings. The Kier molecular flexibility index (Phi) is 10.2. The van der Waals surface area contributed by atoms with E-state index >= 15 is 0 Å². The van der Waals surface area contributed by atoms with Crippen molar-refractivity contribution in [3.05, 3.63) is 82.1 Å². The molecule has 2 aliphatic carbocycles. The number of hydrogen-bond acceptors (Lipinski definition) is 2. The fourth-order valence-electron chi connectivity index (χ4n) is 9.12. The number of rotatable bonds is 10. The third-order valence-corrected chi connectivity index (χ3v) is 12.0. The number of alkyl halides is 6. The van der Waals surface area contributed by atoms with Crippen molar-refractivity contribution < 1.29 is 35.7 Å². The van der Waals surface area contributed by atoms with E-state index in [1.807, 2.05) is 51.3 Å². The van der Waals surface area contributed by atoms with Gasteiger partial charge in [0.15, 0.2) is 11.5 Å². The Hall–Kier alpha value is -3.36. The lowest BCUT2D eigenvalue weighted by Crippen LogP contribution is -2.30. The lowest BCUT2D eigenvalue weighted by atomic mass is 9.80. The highest BCUT2D eigenvalue weighted by Gasteiger charge is 2.47. The summed E-state index contributed by atoms with van der Waals surface area (Å²) in [5.41, 5.74) is 1.94. The van der Waals surface area contributed by atoms with Crippen LogP contribution in [-0.4, -0.2) is 29.2 Å². The van der Waals surface area contributed by atoms with Gasteiger partial charge in [0.2, 0.25) is 12.2 Å². The van der Waals surface area contributed by atoms with E-state index in [0.717, 1.165) is 73.3 Å². The fourth-order valence-corrected chi connectivity index (χ4v) is 9.12. The second kappa shape index (κ2) is 13.9. The molecule has 0 bridgehead atoms. The van der Waals surface area contributed by atoms with Gasteiger partial charge in [0.1, 0.15) is 0 Å². The van der Waals surface area contributed by atoms with Crippen LogP contribution in [0.5, 0.6) is 0 Å². The molecule has 2 aromatic rings. The molecule has 51 heavy (non-hydrogen) atoms. The van der Waals surface area contributed by atoms with Crippen molar-refractivity contribution in [3.8, 4) is 0 Å². The van der Waals surface area contributed by atoms with Gasteiger partial charge < -0.3 is 4.90 Å².